The number of hydrogen-bond donors (Lipinski definition) is 0. The molecule has 0 aromatic carbocycles. The monoisotopic (exact) mass is 168 g/mol. The first kappa shape index (κ1) is 8.09. The van der Waals surface area contributed by atoms with Crippen LogP contribution in [0.3, 0.4) is 0 Å². The Bertz CT molecular complexity index is 257. The van der Waals surface area contributed by atoms with Gasteiger partial charge in [0.25, 0.3) is 0 Å². The van der Waals surface area contributed by atoms with Crippen LogP contribution in [0.15, 0.2) is 0 Å². The fourth-order valence-corrected chi connectivity index (χ4v) is 2.55. The normalized spacial score (nSPS) is 49.5. The minimum Gasteiger partial charge on any atom is -0.458 e. The van der Waals surface area contributed by atoms with Crippen LogP contribution in [-0.2, 0) is 9.53 Å². The van der Waals surface area contributed by atoms with Crippen LogP contribution in [0.5, 0.6) is 0 Å². The van der Waals surface area contributed by atoms with Gasteiger partial charge in [0, 0.05) is 5.41 Å². The minimum atomic E-state index is -0.234. The molecule has 2 heteroatoms. The molecule has 1 saturated carbocycles. The molecule has 2 bridgehead atoms. The van der Waals surface area contributed by atoms with Crippen molar-refractivity contribution in [3.63, 3.8) is 0 Å². The van der Waals surface area contributed by atoms with E-state index >= 15 is 0 Å². The van der Waals surface area contributed by atoms with Crippen LogP contribution in [0.2, 0.25) is 0 Å². The number of ether oxygens (including phenoxy) is 1. The maximum Gasteiger partial charge on any atom is 0.313 e. The molecular weight excluding hydrogens is 152 g/mol. The van der Waals surface area contributed by atoms with Crippen LogP contribution in [0.4, 0.5) is 0 Å². The molecule has 0 radical (unpaired) electrons. The van der Waals surface area contributed by atoms with Gasteiger partial charge in [0.15, 0.2) is 0 Å². The lowest BCUT2D eigenvalue weighted by atomic mass is 9.67. The number of carbonyl (C=O) groups is 1. The summed E-state index contributed by atoms with van der Waals surface area (Å²) in [4.78, 5) is 11.6. The Hall–Kier alpha value is -0.530. The second-order valence-corrected chi connectivity index (χ2v) is 5.08. The summed E-state index contributed by atoms with van der Waals surface area (Å²) in [5.74, 6) is 0.00116. The van der Waals surface area contributed by atoms with E-state index < -0.39 is 0 Å². The van der Waals surface area contributed by atoms with Crippen LogP contribution in [0.1, 0.15) is 40.5 Å². The summed E-state index contributed by atoms with van der Waals surface area (Å²) in [6, 6.07) is 0. The van der Waals surface area contributed by atoms with Gasteiger partial charge in [0.1, 0.15) is 5.60 Å². The summed E-state index contributed by atoms with van der Waals surface area (Å²) in [7, 11) is 0. The SMILES string of the molecule is CC12CC[C@@](C)(C(=O)O1)C2(C)C. The van der Waals surface area contributed by atoms with Crippen molar-refractivity contribution in [2.24, 2.45) is 10.8 Å². The highest BCUT2D eigenvalue weighted by Gasteiger charge is 2.70. The van der Waals surface area contributed by atoms with Gasteiger partial charge in [-0.15, -0.1) is 0 Å². The first-order valence-electron chi connectivity index (χ1n) is 4.57. The van der Waals surface area contributed by atoms with Gasteiger partial charge >= 0.3 is 5.97 Å². The second kappa shape index (κ2) is 1.70. The molecule has 2 rings (SSSR count). The summed E-state index contributed by atoms with van der Waals surface area (Å²) in [6.45, 7) is 8.38. The third-order valence-corrected chi connectivity index (χ3v) is 4.57. The Morgan fingerprint density at radius 1 is 1.17 bits per heavy atom. The van der Waals surface area contributed by atoms with E-state index in [2.05, 4.69) is 20.8 Å². The van der Waals surface area contributed by atoms with E-state index in [0.717, 1.165) is 12.8 Å². The van der Waals surface area contributed by atoms with Gasteiger partial charge < -0.3 is 4.74 Å². The van der Waals surface area contributed by atoms with E-state index in [-0.39, 0.29) is 22.4 Å². The van der Waals surface area contributed by atoms with E-state index in [1.165, 1.54) is 0 Å². The molecular formula is C10H16O2. The van der Waals surface area contributed by atoms with Gasteiger partial charge in [-0.25, -0.2) is 0 Å². The fourth-order valence-electron chi connectivity index (χ4n) is 2.55. The predicted molar refractivity (Wildman–Crippen MR) is 45.6 cm³/mol. The predicted octanol–water partition coefficient (Wildman–Crippen LogP) is 2.13. The standard InChI is InChI=1S/C10H16O2/c1-8(2)9(3)5-6-10(8,4)12-7(9)11/h5-6H2,1-4H3/t9-,10?/m0/s1. The largest absolute Gasteiger partial charge is 0.458 e. The lowest BCUT2D eigenvalue weighted by Crippen LogP contribution is -2.38. The topological polar surface area (TPSA) is 26.3 Å². The highest BCUT2D eigenvalue weighted by Crippen LogP contribution is 2.65. The van der Waals surface area contributed by atoms with Crippen LogP contribution < -0.4 is 0 Å². The number of esters is 1. The number of rotatable bonds is 0. The molecule has 0 N–H and O–H groups in total. The van der Waals surface area contributed by atoms with Crippen LogP contribution >= 0.6 is 0 Å². The molecule has 2 aliphatic rings. The number of hydrogen-bond acceptors (Lipinski definition) is 2. The zero-order chi connectivity index (χ0) is 9.20. The molecule has 0 aromatic heterocycles. The molecule has 12 heavy (non-hydrogen) atoms. The van der Waals surface area contributed by atoms with Crippen molar-refractivity contribution in [1.82, 2.24) is 0 Å². The molecule has 0 aromatic rings. The molecule has 1 aliphatic carbocycles. The Labute approximate surface area is 73.3 Å². The second-order valence-electron chi connectivity index (χ2n) is 5.08. The quantitative estimate of drug-likeness (QED) is 0.518. The zero-order valence-corrected chi connectivity index (χ0v) is 8.23. The Morgan fingerprint density at radius 3 is 1.92 bits per heavy atom. The van der Waals surface area contributed by atoms with E-state index in [0.29, 0.717) is 0 Å². The summed E-state index contributed by atoms with van der Waals surface area (Å²) in [6.07, 6.45) is 2.00. The third kappa shape index (κ3) is 0.540. The van der Waals surface area contributed by atoms with Crippen molar-refractivity contribution in [1.29, 1.82) is 0 Å². The van der Waals surface area contributed by atoms with Crippen molar-refractivity contribution >= 4 is 5.97 Å². The van der Waals surface area contributed by atoms with E-state index in [1.54, 1.807) is 0 Å². The van der Waals surface area contributed by atoms with Crippen molar-refractivity contribution in [2.75, 3.05) is 0 Å². The summed E-state index contributed by atoms with van der Waals surface area (Å²) < 4.78 is 5.43. The van der Waals surface area contributed by atoms with Crippen molar-refractivity contribution in [3.8, 4) is 0 Å². The maximum absolute atomic E-state index is 11.6. The molecule has 2 atom stereocenters. The van der Waals surface area contributed by atoms with Gasteiger partial charge in [0.05, 0.1) is 5.41 Å². The van der Waals surface area contributed by atoms with Crippen molar-refractivity contribution in [3.05, 3.63) is 0 Å². The zero-order valence-electron chi connectivity index (χ0n) is 8.23. The molecule has 68 valence electrons. The Kier molecular flexibility index (Phi) is 1.15. The maximum atomic E-state index is 11.6. The molecule has 0 spiro atoms. The van der Waals surface area contributed by atoms with Crippen LogP contribution in [0.25, 0.3) is 0 Å². The average molecular weight is 168 g/mol. The first-order chi connectivity index (χ1) is 5.33. The van der Waals surface area contributed by atoms with Gasteiger partial charge in [-0.3, -0.25) is 4.79 Å². The first-order valence-corrected chi connectivity index (χ1v) is 4.57. The number of fused-ring (bicyclic) bond motifs is 2. The van der Waals surface area contributed by atoms with E-state index in [9.17, 15) is 4.79 Å². The van der Waals surface area contributed by atoms with Crippen molar-refractivity contribution in [2.45, 2.75) is 46.1 Å². The third-order valence-electron chi connectivity index (χ3n) is 4.57. The molecule has 1 heterocycles. The average Bonchev–Trinajstić information content (AvgIpc) is 2.18. The molecule has 1 unspecified atom stereocenters. The Morgan fingerprint density at radius 2 is 1.75 bits per heavy atom. The summed E-state index contributed by atoms with van der Waals surface area (Å²) in [5.41, 5.74) is -0.447. The molecule has 2 nitrogen and oxygen atoms in total. The summed E-state index contributed by atoms with van der Waals surface area (Å²) >= 11 is 0. The van der Waals surface area contributed by atoms with Crippen LogP contribution in [-0.4, -0.2) is 11.6 Å². The highest BCUT2D eigenvalue weighted by atomic mass is 16.6. The van der Waals surface area contributed by atoms with Gasteiger partial charge in [-0.1, -0.05) is 13.8 Å². The lowest BCUT2D eigenvalue weighted by Gasteiger charge is -2.33. The molecule has 1 aliphatic heterocycles. The highest BCUT2D eigenvalue weighted by molar-refractivity contribution is 5.82. The minimum absolute atomic E-state index is 0.00116. The van der Waals surface area contributed by atoms with E-state index in [1.807, 2.05) is 6.92 Å². The summed E-state index contributed by atoms with van der Waals surface area (Å²) in [5, 5.41) is 0. The van der Waals surface area contributed by atoms with Gasteiger partial charge in [-0.05, 0) is 26.7 Å². The fraction of sp³-hybridized carbons (Fsp3) is 0.900. The molecule has 2 fully saturated rings. The number of carbonyl (C=O) groups excluding carboxylic acids is 1. The Balaban J connectivity index is 2.56. The van der Waals surface area contributed by atoms with E-state index in [4.69, 9.17) is 4.74 Å². The van der Waals surface area contributed by atoms with Crippen molar-refractivity contribution < 1.29 is 9.53 Å². The smallest absolute Gasteiger partial charge is 0.313 e. The molecule has 1 saturated heterocycles. The van der Waals surface area contributed by atoms with Gasteiger partial charge in [0.2, 0.25) is 0 Å². The van der Waals surface area contributed by atoms with Gasteiger partial charge in [-0.2, -0.15) is 0 Å². The lowest BCUT2D eigenvalue weighted by molar-refractivity contribution is -0.158. The van der Waals surface area contributed by atoms with Crippen LogP contribution in [0, 0.1) is 10.8 Å². The molecule has 0 amide bonds.